The highest BCUT2D eigenvalue weighted by Crippen LogP contribution is 2.21. The Morgan fingerprint density at radius 1 is 1.06 bits per heavy atom. The first kappa shape index (κ1) is 25.1. The third kappa shape index (κ3) is 6.34. The van der Waals surface area contributed by atoms with Crippen molar-refractivity contribution in [1.82, 2.24) is 14.8 Å². The molecule has 0 saturated carbocycles. The molecule has 12 heteroatoms. The van der Waals surface area contributed by atoms with Crippen molar-refractivity contribution < 1.29 is 17.9 Å². The predicted octanol–water partition coefficient (Wildman–Crippen LogP) is 3.60. The molecule has 0 saturated heterocycles. The van der Waals surface area contributed by atoms with Crippen LogP contribution in [-0.4, -0.2) is 36.2 Å². The lowest BCUT2D eigenvalue weighted by molar-refractivity contribution is -0.116. The molecule has 4 rings (SSSR count). The van der Waals surface area contributed by atoms with Crippen molar-refractivity contribution in [1.29, 1.82) is 0 Å². The summed E-state index contributed by atoms with van der Waals surface area (Å²) in [4.78, 5) is 28.5. The van der Waals surface area contributed by atoms with Gasteiger partial charge in [0.15, 0.2) is 5.13 Å². The molecule has 0 bridgehead atoms. The number of ether oxygens (including phenoxy) is 1. The Bertz CT molecular complexity index is 1480. The summed E-state index contributed by atoms with van der Waals surface area (Å²) in [6.45, 7) is 0.274. The number of sulfonamides is 1. The van der Waals surface area contributed by atoms with Gasteiger partial charge in [0.25, 0.3) is 15.6 Å². The third-order valence-electron chi connectivity index (χ3n) is 5.13. The van der Waals surface area contributed by atoms with E-state index in [1.807, 2.05) is 24.3 Å². The first-order valence-electron chi connectivity index (χ1n) is 10.9. The van der Waals surface area contributed by atoms with Crippen LogP contribution in [-0.2, 0) is 21.4 Å². The van der Waals surface area contributed by atoms with E-state index in [1.54, 1.807) is 18.6 Å². The minimum Gasteiger partial charge on any atom is -0.497 e. The van der Waals surface area contributed by atoms with Gasteiger partial charge in [0.1, 0.15) is 5.75 Å². The van der Waals surface area contributed by atoms with Gasteiger partial charge in [-0.2, -0.15) is 5.10 Å². The Morgan fingerprint density at radius 3 is 2.47 bits per heavy atom. The maximum absolute atomic E-state index is 12.4. The summed E-state index contributed by atoms with van der Waals surface area (Å²) >= 11 is 1.17. The van der Waals surface area contributed by atoms with Crippen LogP contribution in [0.1, 0.15) is 12.8 Å². The summed E-state index contributed by atoms with van der Waals surface area (Å²) in [5, 5.41) is 9.07. The van der Waals surface area contributed by atoms with Crippen molar-refractivity contribution in [2.45, 2.75) is 24.3 Å². The molecule has 36 heavy (non-hydrogen) atoms. The summed E-state index contributed by atoms with van der Waals surface area (Å²) in [7, 11) is -2.18. The number of benzene rings is 2. The number of aromatic nitrogens is 3. The number of nitrogens with zero attached hydrogens (tertiary/aromatic N) is 3. The van der Waals surface area contributed by atoms with Crippen LogP contribution in [0.4, 0.5) is 10.8 Å². The van der Waals surface area contributed by atoms with E-state index in [-0.39, 0.29) is 34.5 Å². The molecule has 0 aliphatic heterocycles. The molecule has 2 aromatic carbocycles. The van der Waals surface area contributed by atoms with Gasteiger partial charge in [-0.05, 0) is 61.0 Å². The minimum atomic E-state index is -3.76. The van der Waals surface area contributed by atoms with Gasteiger partial charge in [0.05, 0.1) is 17.7 Å². The minimum absolute atomic E-state index is 0.0536. The highest BCUT2D eigenvalue weighted by molar-refractivity contribution is 7.93. The van der Waals surface area contributed by atoms with E-state index in [4.69, 9.17) is 4.74 Å². The number of hydrogen-bond donors (Lipinski definition) is 2. The Kier molecular flexibility index (Phi) is 7.76. The molecule has 0 atom stereocenters. The Labute approximate surface area is 211 Å². The second-order valence-corrected chi connectivity index (χ2v) is 10.2. The lowest BCUT2D eigenvalue weighted by Gasteiger charge is -2.09. The van der Waals surface area contributed by atoms with E-state index < -0.39 is 10.0 Å². The number of carbonyl (C=O) groups is 1. The maximum Gasteiger partial charge on any atom is 0.266 e. The van der Waals surface area contributed by atoms with Crippen LogP contribution >= 0.6 is 11.3 Å². The third-order valence-corrected chi connectivity index (χ3v) is 7.30. The molecule has 0 unspecified atom stereocenters. The maximum atomic E-state index is 12.4. The average Bonchev–Trinajstić information content (AvgIpc) is 3.38. The number of rotatable bonds is 10. The highest BCUT2D eigenvalue weighted by Gasteiger charge is 2.15. The van der Waals surface area contributed by atoms with Gasteiger partial charge in [-0.15, -0.1) is 11.3 Å². The Hall–Kier alpha value is -4.03. The zero-order valence-electron chi connectivity index (χ0n) is 19.2. The molecule has 0 radical (unpaired) electrons. The summed E-state index contributed by atoms with van der Waals surface area (Å²) in [6, 6.07) is 16.3. The normalized spacial score (nSPS) is 11.1. The van der Waals surface area contributed by atoms with E-state index >= 15 is 0 Å². The van der Waals surface area contributed by atoms with Gasteiger partial charge in [-0.3, -0.25) is 14.3 Å². The summed E-state index contributed by atoms with van der Waals surface area (Å²) in [5.74, 6) is 0.465. The zero-order valence-corrected chi connectivity index (χ0v) is 20.9. The highest BCUT2D eigenvalue weighted by atomic mass is 32.2. The molecule has 186 valence electrons. The standard InChI is InChI=1S/C24H23N5O5S2/c1-34-19-8-4-17(5-9-19)21-12-13-23(31)29(27-21)15-2-3-22(30)26-18-6-10-20(11-7-18)36(32,33)28-24-25-14-16-35-24/h4-14,16H,2-3,15H2,1H3,(H,25,28)(H,26,30). The van der Waals surface area contributed by atoms with Crippen LogP contribution in [0.5, 0.6) is 5.75 Å². The average molecular weight is 526 g/mol. The number of anilines is 2. The number of amides is 1. The lowest BCUT2D eigenvalue weighted by atomic mass is 10.1. The number of hydrogen-bond acceptors (Lipinski definition) is 8. The summed E-state index contributed by atoms with van der Waals surface area (Å²) < 4.78 is 33.7. The van der Waals surface area contributed by atoms with Gasteiger partial charge in [0.2, 0.25) is 5.91 Å². The van der Waals surface area contributed by atoms with E-state index in [2.05, 4.69) is 20.1 Å². The van der Waals surface area contributed by atoms with Crippen LogP contribution < -0.4 is 20.3 Å². The van der Waals surface area contributed by atoms with E-state index in [9.17, 15) is 18.0 Å². The SMILES string of the molecule is COc1ccc(-c2ccc(=O)n(CCCC(=O)Nc3ccc(S(=O)(=O)Nc4nccs4)cc3)n2)cc1. The predicted molar refractivity (Wildman–Crippen MR) is 138 cm³/mol. The topological polar surface area (TPSA) is 132 Å². The fourth-order valence-corrected chi connectivity index (χ4v) is 5.09. The molecular formula is C24H23N5O5S2. The molecule has 10 nitrogen and oxygen atoms in total. The molecule has 2 aromatic heterocycles. The molecule has 2 heterocycles. The van der Waals surface area contributed by atoms with Crippen molar-refractivity contribution in [2.75, 3.05) is 17.1 Å². The fraction of sp³-hybridized carbons (Fsp3) is 0.167. The first-order chi connectivity index (χ1) is 17.3. The lowest BCUT2D eigenvalue weighted by Crippen LogP contribution is -2.23. The zero-order chi connectivity index (χ0) is 25.5. The van der Waals surface area contributed by atoms with Gasteiger partial charge >= 0.3 is 0 Å². The number of nitrogens with one attached hydrogen (secondary N) is 2. The molecule has 1 amide bonds. The van der Waals surface area contributed by atoms with Crippen molar-refractivity contribution in [3.63, 3.8) is 0 Å². The number of carbonyl (C=O) groups excluding carboxylic acids is 1. The molecule has 0 aliphatic rings. The van der Waals surface area contributed by atoms with Gasteiger partial charge in [-0.1, -0.05) is 0 Å². The van der Waals surface area contributed by atoms with E-state index in [0.717, 1.165) is 11.3 Å². The number of thiazole rings is 1. The van der Waals surface area contributed by atoms with E-state index in [1.165, 1.54) is 52.5 Å². The van der Waals surface area contributed by atoms with E-state index in [0.29, 0.717) is 17.8 Å². The van der Waals surface area contributed by atoms with Gasteiger partial charge < -0.3 is 10.1 Å². The molecule has 0 aliphatic carbocycles. The fourth-order valence-electron chi connectivity index (χ4n) is 3.30. The second kappa shape index (κ2) is 11.1. The summed E-state index contributed by atoms with van der Waals surface area (Å²) in [5.41, 5.74) is 1.69. The number of methoxy groups -OCH3 is 1. The summed E-state index contributed by atoms with van der Waals surface area (Å²) in [6.07, 6.45) is 2.06. The quantitative estimate of drug-likeness (QED) is 0.323. The number of aryl methyl sites for hydroxylation is 1. The Balaban J connectivity index is 1.31. The van der Waals surface area contributed by atoms with Gasteiger partial charge in [0, 0.05) is 41.9 Å². The van der Waals surface area contributed by atoms with Crippen molar-refractivity contribution in [2.24, 2.45) is 0 Å². The molecule has 0 fully saturated rings. The molecular weight excluding hydrogens is 502 g/mol. The molecule has 4 aromatic rings. The van der Waals surface area contributed by atoms with Crippen molar-refractivity contribution in [3.8, 4) is 17.0 Å². The second-order valence-electron chi connectivity index (χ2n) is 7.63. The smallest absolute Gasteiger partial charge is 0.266 e. The Morgan fingerprint density at radius 2 is 1.81 bits per heavy atom. The largest absolute Gasteiger partial charge is 0.497 e. The van der Waals surface area contributed by atoms with Crippen LogP contribution in [0, 0.1) is 0 Å². The van der Waals surface area contributed by atoms with Crippen LogP contribution in [0.25, 0.3) is 11.3 Å². The van der Waals surface area contributed by atoms with Crippen LogP contribution in [0.3, 0.4) is 0 Å². The van der Waals surface area contributed by atoms with Crippen LogP contribution in [0.15, 0.2) is 81.9 Å². The first-order valence-corrected chi connectivity index (χ1v) is 13.3. The molecule has 0 spiro atoms. The van der Waals surface area contributed by atoms with Crippen molar-refractivity contribution >= 4 is 38.1 Å². The van der Waals surface area contributed by atoms with Gasteiger partial charge in [-0.25, -0.2) is 18.1 Å². The molecule has 2 N–H and O–H groups in total. The van der Waals surface area contributed by atoms with Crippen LogP contribution in [0.2, 0.25) is 0 Å². The van der Waals surface area contributed by atoms with Crippen molar-refractivity contribution in [3.05, 3.63) is 82.6 Å². The monoisotopic (exact) mass is 525 g/mol.